The zero-order valence-electron chi connectivity index (χ0n) is 10.1. The van der Waals surface area contributed by atoms with Crippen molar-refractivity contribution in [1.82, 2.24) is 10.2 Å². The second-order valence-electron chi connectivity index (χ2n) is 4.93. The van der Waals surface area contributed by atoms with Crippen LogP contribution in [0, 0.1) is 0 Å². The molecule has 1 saturated heterocycles. The first-order valence-corrected chi connectivity index (χ1v) is 6.51. The van der Waals surface area contributed by atoms with Gasteiger partial charge in [-0.3, -0.25) is 4.90 Å². The first kappa shape index (κ1) is 11.0. The lowest BCUT2D eigenvalue weighted by molar-refractivity contribution is 0.213. The molecule has 1 aliphatic heterocycles. The van der Waals surface area contributed by atoms with Gasteiger partial charge in [-0.15, -0.1) is 0 Å². The second kappa shape index (κ2) is 5.02. The third-order valence-corrected chi connectivity index (χ3v) is 3.80. The van der Waals surface area contributed by atoms with Crippen molar-refractivity contribution in [3.05, 3.63) is 11.8 Å². The molecule has 2 atom stereocenters. The predicted molar refractivity (Wildman–Crippen MR) is 64.6 cm³/mol. The molecule has 2 heteroatoms. The number of nitrogens with one attached hydrogen (secondary N) is 1. The van der Waals surface area contributed by atoms with E-state index in [0.29, 0.717) is 12.2 Å². The maximum atomic E-state index is 3.69. The Morgan fingerprint density at radius 2 is 2.33 bits per heavy atom. The zero-order valence-corrected chi connectivity index (χ0v) is 10.1. The van der Waals surface area contributed by atoms with Crippen molar-refractivity contribution in [2.24, 2.45) is 0 Å². The van der Waals surface area contributed by atoms with Crippen LogP contribution in [0.25, 0.3) is 0 Å². The molecule has 2 aliphatic rings. The van der Waals surface area contributed by atoms with Gasteiger partial charge in [-0.2, -0.15) is 0 Å². The lowest BCUT2D eigenvalue weighted by Gasteiger charge is -2.25. The molecule has 2 rings (SSSR count). The molecule has 1 heterocycles. The number of allylic oxidation sites excluding steroid dienone is 1. The van der Waals surface area contributed by atoms with E-state index < -0.39 is 0 Å². The average molecular weight is 208 g/mol. The highest BCUT2D eigenvalue weighted by molar-refractivity contribution is 5.17. The number of unbranched alkanes of at least 4 members (excludes halogenated alkanes) is 2. The highest BCUT2D eigenvalue weighted by Gasteiger charge is 2.34. The lowest BCUT2D eigenvalue weighted by atomic mass is 10.00. The Hall–Kier alpha value is -0.500. The predicted octanol–water partition coefficient (Wildman–Crippen LogP) is 2.86. The standard InChI is InChI=1S/C13H24N2/c1-3-4-5-10-13-14-11-8-6-7-9-12(11)15(13)2/h8,12-14H,3-7,9-10H2,1-2H3. The molecule has 15 heavy (non-hydrogen) atoms. The lowest BCUT2D eigenvalue weighted by Crippen LogP contribution is -2.35. The smallest absolute Gasteiger partial charge is 0.0794 e. The van der Waals surface area contributed by atoms with Gasteiger partial charge >= 0.3 is 0 Å². The van der Waals surface area contributed by atoms with Crippen LogP contribution < -0.4 is 5.32 Å². The van der Waals surface area contributed by atoms with Crippen molar-refractivity contribution in [3.63, 3.8) is 0 Å². The maximum Gasteiger partial charge on any atom is 0.0794 e. The van der Waals surface area contributed by atoms with Crippen LogP contribution in [0.5, 0.6) is 0 Å². The molecule has 86 valence electrons. The Bertz CT molecular complexity index is 235. The normalized spacial score (nSPS) is 30.9. The molecule has 0 radical (unpaired) electrons. The molecule has 0 spiro atoms. The fraction of sp³-hybridized carbons (Fsp3) is 0.846. The molecule has 2 nitrogen and oxygen atoms in total. The maximum absolute atomic E-state index is 3.69. The fourth-order valence-corrected chi connectivity index (χ4v) is 2.81. The van der Waals surface area contributed by atoms with Crippen molar-refractivity contribution in [3.8, 4) is 0 Å². The van der Waals surface area contributed by atoms with Gasteiger partial charge in [-0.05, 0) is 32.7 Å². The summed E-state index contributed by atoms with van der Waals surface area (Å²) in [7, 11) is 2.28. The van der Waals surface area contributed by atoms with E-state index in [9.17, 15) is 0 Å². The number of rotatable bonds is 4. The molecular weight excluding hydrogens is 184 g/mol. The van der Waals surface area contributed by atoms with Gasteiger partial charge in [0.05, 0.1) is 12.2 Å². The molecule has 0 saturated carbocycles. The first-order valence-electron chi connectivity index (χ1n) is 6.51. The van der Waals surface area contributed by atoms with E-state index in [4.69, 9.17) is 0 Å². The summed E-state index contributed by atoms with van der Waals surface area (Å²) < 4.78 is 0. The number of hydrogen-bond acceptors (Lipinski definition) is 2. The molecule has 0 bridgehead atoms. The molecular formula is C13H24N2. The van der Waals surface area contributed by atoms with Crippen LogP contribution in [0.2, 0.25) is 0 Å². The SMILES string of the molecule is CCCCCC1NC2=CCCCC2N1C. The van der Waals surface area contributed by atoms with Crippen LogP contribution in [0.15, 0.2) is 11.8 Å². The molecule has 1 fully saturated rings. The third-order valence-electron chi connectivity index (χ3n) is 3.80. The van der Waals surface area contributed by atoms with Gasteiger partial charge in [0.1, 0.15) is 0 Å². The largest absolute Gasteiger partial charge is 0.372 e. The molecule has 1 N–H and O–H groups in total. The molecule has 1 aliphatic carbocycles. The van der Waals surface area contributed by atoms with Crippen LogP contribution >= 0.6 is 0 Å². The Balaban J connectivity index is 1.87. The Labute approximate surface area is 93.7 Å². The van der Waals surface area contributed by atoms with E-state index in [0.717, 1.165) is 0 Å². The summed E-state index contributed by atoms with van der Waals surface area (Å²) in [6.07, 6.45) is 12.3. The quantitative estimate of drug-likeness (QED) is 0.715. The fourth-order valence-electron chi connectivity index (χ4n) is 2.81. The van der Waals surface area contributed by atoms with Crippen molar-refractivity contribution < 1.29 is 0 Å². The minimum atomic E-state index is 0.603. The Kier molecular flexibility index (Phi) is 3.68. The van der Waals surface area contributed by atoms with E-state index in [-0.39, 0.29) is 0 Å². The van der Waals surface area contributed by atoms with Crippen molar-refractivity contribution >= 4 is 0 Å². The average Bonchev–Trinajstić information content (AvgIpc) is 2.57. The Morgan fingerprint density at radius 3 is 3.07 bits per heavy atom. The summed E-state index contributed by atoms with van der Waals surface area (Å²) in [5.74, 6) is 0. The van der Waals surface area contributed by atoms with Gasteiger partial charge in [-0.1, -0.05) is 32.3 Å². The number of hydrogen-bond donors (Lipinski definition) is 1. The first-order chi connectivity index (χ1) is 7.33. The van der Waals surface area contributed by atoms with Crippen molar-refractivity contribution in [1.29, 1.82) is 0 Å². The van der Waals surface area contributed by atoms with E-state index in [1.54, 1.807) is 0 Å². The van der Waals surface area contributed by atoms with Gasteiger partial charge < -0.3 is 5.32 Å². The summed E-state index contributed by atoms with van der Waals surface area (Å²) in [4.78, 5) is 2.54. The summed E-state index contributed by atoms with van der Waals surface area (Å²) in [5, 5.41) is 3.69. The van der Waals surface area contributed by atoms with Gasteiger partial charge in [0.15, 0.2) is 0 Å². The molecule has 0 amide bonds. The van der Waals surface area contributed by atoms with E-state index in [1.165, 1.54) is 50.6 Å². The van der Waals surface area contributed by atoms with Crippen LogP contribution in [-0.2, 0) is 0 Å². The highest BCUT2D eigenvalue weighted by Crippen LogP contribution is 2.29. The van der Waals surface area contributed by atoms with Gasteiger partial charge in [0.2, 0.25) is 0 Å². The van der Waals surface area contributed by atoms with Crippen LogP contribution in [0.1, 0.15) is 51.9 Å². The van der Waals surface area contributed by atoms with Crippen LogP contribution in [0.3, 0.4) is 0 Å². The summed E-state index contributed by atoms with van der Waals surface area (Å²) in [5.41, 5.74) is 1.50. The highest BCUT2D eigenvalue weighted by atomic mass is 15.3. The zero-order chi connectivity index (χ0) is 10.7. The van der Waals surface area contributed by atoms with Crippen LogP contribution in [0.4, 0.5) is 0 Å². The second-order valence-corrected chi connectivity index (χ2v) is 4.93. The van der Waals surface area contributed by atoms with Crippen molar-refractivity contribution in [2.75, 3.05) is 7.05 Å². The number of fused-ring (bicyclic) bond motifs is 1. The van der Waals surface area contributed by atoms with E-state index in [2.05, 4.69) is 30.3 Å². The van der Waals surface area contributed by atoms with Crippen LogP contribution in [-0.4, -0.2) is 24.2 Å². The number of nitrogens with zero attached hydrogens (tertiary/aromatic N) is 1. The molecule has 2 unspecified atom stereocenters. The van der Waals surface area contributed by atoms with Gasteiger partial charge in [-0.25, -0.2) is 0 Å². The molecule has 0 aromatic heterocycles. The summed E-state index contributed by atoms with van der Waals surface area (Å²) in [6, 6.07) is 0.699. The minimum absolute atomic E-state index is 0.603. The monoisotopic (exact) mass is 208 g/mol. The van der Waals surface area contributed by atoms with E-state index >= 15 is 0 Å². The minimum Gasteiger partial charge on any atom is -0.372 e. The topological polar surface area (TPSA) is 15.3 Å². The van der Waals surface area contributed by atoms with Gasteiger partial charge in [0, 0.05) is 5.70 Å². The number of likely N-dealkylation sites (N-methyl/N-ethyl adjacent to an activating group) is 1. The molecule has 0 aromatic rings. The molecule has 0 aromatic carbocycles. The van der Waals surface area contributed by atoms with Crippen molar-refractivity contribution in [2.45, 2.75) is 64.1 Å². The summed E-state index contributed by atoms with van der Waals surface area (Å²) in [6.45, 7) is 2.27. The van der Waals surface area contributed by atoms with Gasteiger partial charge in [0.25, 0.3) is 0 Å². The third kappa shape index (κ3) is 2.36. The summed E-state index contributed by atoms with van der Waals surface area (Å²) >= 11 is 0. The Morgan fingerprint density at radius 1 is 1.47 bits per heavy atom. The van der Waals surface area contributed by atoms with E-state index in [1.807, 2.05) is 0 Å².